The van der Waals surface area contributed by atoms with Crippen LogP contribution in [0.4, 0.5) is 13.2 Å². The molecule has 2 amide bonds. The Kier molecular flexibility index (Phi) is 6.79. The Bertz CT molecular complexity index is 906. The van der Waals surface area contributed by atoms with Gasteiger partial charge in [-0.25, -0.2) is 13.2 Å². The van der Waals surface area contributed by atoms with Crippen LogP contribution >= 0.6 is 11.6 Å². The molecular weight excluding hydrogens is 405 g/mol. The minimum Gasteiger partial charge on any atom is -0.341 e. The minimum atomic E-state index is -1.66. The van der Waals surface area contributed by atoms with Crippen molar-refractivity contribution in [2.75, 3.05) is 26.2 Å². The SMILES string of the molecule is O=C(CCc1ccc(Cl)cc1)N1CCCN(C(=O)c2ccc(F)c(F)c2F)CC1. The summed E-state index contributed by atoms with van der Waals surface area (Å²) >= 11 is 5.85. The van der Waals surface area contributed by atoms with E-state index in [1.54, 1.807) is 17.0 Å². The summed E-state index contributed by atoms with van der Waals surface area (Å²) in [5.74, 6) is -5.24. The van der Waals surface area contributed by atoms with Crippen LogP contribution in [0.25, 0.3) is 0 Å². The smallest absolute Gasteiger partial charge is 0.257 e. The molecule has 4 nitrogen and oxygen atoms in total. The van der Waals surface area contributed by atoms with E-state index in [0.717, 1.165) is 17.7 Å². The molecule has 2 aromatic carbocycles. The van der Waals surface area contributed by atoms with E-state index >= 15 is 0 Å². The van der Waals surface area contributed by atoms with Gasteiger partial charge in [-0.3, -0.25) is 9.59 Å². The van der Waals surface area contributed by atoms with Gasteiger partial charge in [0.2, 0.25) is 5.91 Å². The Morgan fingerprint density at radius 1 is 0.862 bits per heavy atom. The van der Waals surface area contributed by atoms with Crippen LogP contribution in [0, 0.1) is 17.5 Å². The van der Waals surface area contributed by atoms with Gasteiger partial charge >= 0.3 is 0 Å². The summed E-state index contributed by atoms with van der Waals surface area (Å²) in [4.78, 5) is 28.1. The van der Waals surface area contributed by atoms with Gasteiger partial charge in [-0.05, 0) is 42.7 Å². The van der Waals surface area contributed by atoms with Crippen LogP contribution in [0.5, 0.6) is 0 Å². The van der Waals surface area contributed by atoms with E-state index in [9.17, 15) is 22.8 Å². The fourth-order valence-corrected chi connectivity index (χ4v) is 3.42. The Labute approximate surface area is 171 Å². The molecule has 154 valence electrons. The van der Waals surface area contributed by atoms with Crippen LogP contribution in [0.2, 0.25) is 5.02 Å². The van der Waals surface area contributed by atoms with Crippen molar-refractivity contribution < 1.29 is 22.8 Å². The van der Waals surface area contributed by atoms with E-state index in [2.05, 4.69) is 0 Å². The Hall–Kier alpha value is -2.54. The number of halogens is 4. The number of carbonyl (C=O) groups excluding carboxylic acids is 2. The topological polar surface area (TPSA) is 40.6 Å². The van der Waals surface area contributed by atoms with Gasteiger partial charge in [-0.1, -0.05) is 23.7 Å². The summed E-state index contributed by atoms with van der Waals surface area (Å²) in [5.41, 5.74) is 0.495. The highest BCUT2D eigenvalue weighted by Gasteiger charge is 2.26. The molecule has 29 heavy (non-hydrogen) atoms. The molecule has 0 radical (unpaired) electrons. The van der Waals surface area contributed by atoms with Gasteiger partial charge in [0.25, 0.3) is 5.91 Å². The molecule has 0 aromatic heterocycles. The fraction of sp³-hybridized carbons (Fsp3) is 0.333. The molecule has 0 N–H and O–H groups in total. The molecule has 1 heterocycles. The third kappa shape index (κ3) is 5.09. The van der Waals surface area contributed by atoms with Crippen LogP contribution in [-0.2, 0) is 11.2 Å². The maximum absolute atomic E-state index is 13.9. The lowest BCUT2D eigenvalue weighted by Gasteiger charge is -2.22. The molecule has 0 spiro atoms. The summed E-state index contributed by atoms with van der Waals surface area (Å²) in [6, 6.07) is 8.96. The molecule has 2 aromatic rings. The van der Waals surface area contributed by atoms with E-state index < -0.39 is 28.9 Å². The molecule has 1 fully saturated rings. The van der Waals surface area contributed by atoms with Gasteiger partial charge in [0.1, 0.15) is 0 Å². The van der Waals surface area contributed by atoms with Crippen LogP contribution < -0.4 is 0 Å². The predicted octanol–water partition coefficient (Wildman–Crippen LogP) is 4.06. The average molecular weight is 425 g/mol. The lowest BCUT2D eigenvalue weighted by Crippen LogP contribution is -2.37. The second-order valence-electron chi connectivity index (χ2n) is 6.88. The number of hydrogen-bond acceptors (Lipinski definition) is 2. The third-order valence-corrected chi connectivity index (χ3v) is 5.19. The Morgan fingerprint density at radius 3 is 2.24 bits per heavy atom. The zero-order chi connectivity index (χ0) is 21.0. The first-order valence-corrected chi connectivity index (χ1v) is 9.69. The molecule has 3 rings (SSSR count). The maximum atomic E-state index is 13.9. The summed E-state index contributed by atoms with van der Waals surface area (Å²) in [7, 11) is 0. The predicted molar refractivity (Wildman–Crippen MR) is 103 cm³/mol. The van der Waals surface area contributed by atoms with Gasteiger partial charge < -0.3 is 9.80 Å². The molecule has 0 bridgehead atoms. The van der Waals surface area contributed by atoms with Crippen molar-refractivity contribution in [3.8, 4) is 0 Å². The van der Waals surface area contributed by atoms with Crippen molar-refractivity contribution in [2.24, 2.45) is 0 Å². The second kappa shape index (κ2) is 9.31. The van der Waals surface area contributed by atoms with Crippen molar-refractivity contribution in [3.63, 3.8) is 0 Å². The van der Waals surface area contributed by atoms with Crippen LogP contribution in [0.15, 0.2) is 36.4 Å². The van der Waals surface area contributed by atoms with Crippen LogP contribution in [0.1, 0.15) is 28.8 Å². The zero-order valence-electron chi connectivity index (χ0n) is 15.6. The largest absolute Gasteiger partial charge is 0.341 e. The van der Waals surface area contributed by atoms with Crippen LogP contribution in [-0.4, -0.2) is 47.8 Å². The molecule has 0 saturated carbocycles. The summed E-state index contributed by atoms with van der Waals surface area (Å²) in [5, 5.41) is 0.634. The van der Waals surface area contributed by atoms with Crippen molar-refractivity contribution >= 4 is 23.4 Å². The van der Waals surface area contributed by atoms with E-state index in [1.165, 1.54) is 4.90 Å². The molecule has 1 saturated heterocycles. The van der Waals surface area contributed by atoms with E-state index in [-0.39, 0.29) is 12.5 Å². The van der Waals surface area contributed by atoms with Gasteiger partial charge in [0.05, 0.1) is 5.56 Å². The first-order valence-electron chi connectivity index (χ1n) is 9.32. The molecule has 0 atom stereocenters. The van der Waals surface area contributed by atoms with E-state index in [0.29, 0.717) is 43.9 Å². The normalized spacial score (nSPS) is 14.6. The summed E-state index contributed by atoms with van der Waals surface area (Å²) in [6.45, 7) is 1.28. The van der Waals surface area contributed by atoms with Gasteiger partial charge in [-0.15, -0.1) is 0 Å². The molecule has 0 unspecified atom stereocenters. The second-order valence-corrected chi connectivity index (χ2v) is 7.31. The highest BCUT2D eigenvalue weighted by atomic mass is 35.5. The summed E-state index contributed by atoms with van der Waals surface area (Å²) < 4.78 is 40.5. The van der Waals surface area contributed by atoms with Crippen molar-refractivity contribution in [3.05, 3.63) is 70.0 Å². The maximum Gasteiger partial charge on any atom is 0.257 e. The number of amides is 2. The van der Waals surface area contributed by atoms with Gasteiger partial charge in [0.15, 0.2) is 17.5 Å². The average Bonchev–Trinajstić information content (AvgIpc) is 2.97. The fourth-order valence-electron chi connectivity index (χ4n) is 3.29. The zero-order valence-corrected chi connectivity index (χ0v) is 16.4. The quantitative estimate of drug-likeness (QED) is 0.694. The first-order chi connectivity index (χ1) is 13.9. The monoisotopic (exact) mass is 424 g/mol. The number of aryl methyl sites for hydroxylation is 1. The molecule has 8 heteroatoms. The highest BCUT2D eigenvalue weighted by molar-refractivity contribution is 6.30. The number of rotatable bonds is 4. The Balaban J connectivity index is 1.58. The summed E-state index contributed by atoms with van der Waals surface area (Å²) in [6.07, 6.45) is 1.42. The lowest BCUT2D eigenvalue weighted by molar-refractivity contribution is -0.131. The molecule has 1 aliphatic heterocycles. The minimum absolute atomic E-state index is 0.0340. The van der Waals surface area contributed by atoms with E-state index in [4.69, 9.17) is 11.6 Å². The van der Waals surface area contributed by atoms with Crippen molar-refractivity contribution in [2.45, 2.75) is 19.3 Å². The Morgan fingerprint density at radius 2 is 1.52 bits per heavy atom. The lowest BCUT2D eigenvalue weighted by atomic mass is 10.1. The third-order valence-electron chi connectivity index (χ3n) is 4.94. The number of hydrogen-bond donors (Lipinski definition) is 0. The van der Waals surface area contributed by atoms with Crippen molar-refractivity contribution in [1.29, 1.82) is 0 Å². The van der Waals surface area contributed by atoms with Gasteiger partial charge in [-0.2, -0.15) is 0 Å². The van der Waals surface area contributed by atoms with E-state index in [1.807, 2.05) is 12.1 Å². The molecular formula is C21H20ClF3N2O2. The highest BCUT2D eigenvalue weighted by Crippen LogP contribution is 2.18. The first kappa shape index (κ1) is 21.2. The molecule has 1 aliphatic rings. The number of carbonyl (C=O) groups is 2. The van der Waals surface area contributed by atoms with Crippen molar-refractivity contribution in [1.82, 2.24) is 9.80 Å². The van der Waals surface area contributed by atoms with Gasteiger partial charge in [0, 0.05) is 37.6 Å². The number of nitrogens with zero attached hydrogens (tertiary/aromatic N) is 2. The standard InChI is InChI=1S/C21H20ClF3N2O2/c22-15-5-2-14(3-6-15)4-9-18(28)26-10-1-11-27(13-12-26)21(29)16-7-8-17(23)20(25)19(16)24/h2-3,5-8H,1,4,9-13H2. The van der Waals surface area contributed by atoms with Crippen LogP contribution in [0.3, 0.4) is 0 Å². The number of benzene rings is 2. The molecule has 0 aliphatic carbocycles.